The van der Waals surface area contributed by atoms with Crippen molar-refractivity contribution in [2.75, 3.05) is 13.1 Å². The van der Waals surface area contributed by atoms with Crippen LogP contribution in [-0.4, -0.2) is 29.7 Å². The van der Waals surface area contributed by atoms with Gasteiger partial charge in [0.15, 0.2) is 11.5 Å². The fourth-order valence-electron chi connectivity index (χ4n) is 2.41. The molecule has 1 saturated heterocycles. The number of fused-ring (bicyclic) bond motifs is 1. The number of carbonyl (C=O) groups is 1. The molecule has 2 heterocycles. The summed E-state index contributed by atoms with van der Waals surface area (Å²) in [7, 11) is 0. The lowest BCUT2D eigenvalue weighted by Crippen LogP contribution is -2.50. The monoisotopic (exact) mass is 233 g/mol. The molecule has 0 unspecified atom stereocenters. The number of benzene rings is 1. The molecule has 1 fully saturated rings. The molecule has 90 valence electrons. The Hall–Kier alpha value is -1.71. The third-order valence-electron chi connectivity index (χ3n) is 3.41. The van der Waals surface area contributed by atoms with Gasteiger partial charge in [-0.3, -0.25) is 4.79 Å². The van der Waals surface area contributed by atoms with Gasteiger partial charge in [-0.15, -0.1) is 0 Å². The second kappa shape index (κ2) is 3.65. The van der Waals surface area contributed by atoms with E-state index in [-0.39, 0.29) is 5.91 Å². The van der Waals surface area contributed by atoms with Crippen molar-refractivity contribution in [1.82, 2.24) is 4.90 Å². The first kappa shape index (κ1) is 10.4. The Labute approximate surface area is 100 Å². The van der Waals surface area contributed by atoms with E-state index < -0.39 is 5.79 Å². The third-order valence-corrected chi connectivity index (χ3v) is 3.41. The predicted molar refractivity (Wildman–Crippen MR) is 61.9 cm³/mol. The summed E-state index contributed by atoms with van der Waals surface area (Å²) < 4.78 is 11.8. The van der Waals surface area contributed by atoms with Crippen molar-refractivity contribution in [1.29, 1.82) is 0 Å². The Bertz CT molecular complexity index is 423. The van der Waals surface area contributed by atoms with Crippen LogP contribution in [0.5, 0.6) is 11.5 Å². The van der Waals surface area contributed by atoms with E-state index in [1.807, 2.05) is 29.2 Å². The van der Waals surface area contributed by atoms with Crippen LogP contribution in [0, 0.1) is 0 Å². The average molecular weight is 233 g/mol. The number of piperidine rings is 1. The predicted octanol–water partition coefficient (Wildman–Crippen LogP) is 1.80. The van der Waals surface area contributed by atoms with Crippen LogP contribution >= 0.6 is 0 Å². The van der Waals surface area contributed by atoms with Crippen LogP contribution in [0.15, 0.2) is 24.3 Å². The molecule has 3 rings (SSSR count). The number of hydrogen-bond donors (Lipinski definition) is 0. The van der Waals surface area contributed by atoms with Gasteiger partial charge >= 0.3 is 0 Å². The number of para-hydroxylation sites is 2. The van der Waals surface area contributed by atoms with E-state index in [9.17, 15) is 4.79 Å². The molecule has 1 aromatic carbocycles. The first-order chi connectivity index (χ1) is 8.19. The summed E-state index contributed by atoms with van der Waals surface area (Å²) >= 11 is 0. The van der Waals surface area contributed by atoms with E-state index in [1.54, 1.807) is 6.92 Å². The summed E-state index contributed by atoms with van der Waals surface area (Å²) in [6.45, 7) is 3.00. The number of ether oxygens (including phenoxy) is 2. The second-order valence-corrected chi connectivity index (χ2v) is 4.57. The quantitative estimate of drug-likeness (QED) is 0.685. The fourth-order valence-corrected chi connectivity index (χ4v) is 2.41. The van der Waals surface area contributed by atoms with E-state index >= 15 is 0 Å². The molecule has 0 aromatic heterocycles. The summed E-state index contributed by atoms with van der Waals surface area (Å²) in [5.41, 5.74) is 0. The average Bonchev–Trinajstić information content (AvgIpc) is 2.67. The largest absolute Gasteiger partial charge is 0.448 e. The van der Waals surface area contributed by atoms with Gasteiger partial charge in [0, 0.05) is 32.9 Å². The molecule has 1 aromatic rings. The SMILES string of the molecule is CC(=O)N1CCC2(CC1)Oc1ccccc1O2. The summed E-state index contributed by atoms with van der Waals surface area (Å²) in [6, 6.07) is 7.71. The first-order valence-corrected chi connectivity index (χ1v) is 5.91. The summed E-state index contributed by atoms with van der Waals surface area (Å²) in [5, 5.41) is 0. The molecule has 2 aliphatic heterocycles. The second-order valence-electron chi connectivity index (χ2n) is 4.57. The third kappa shape index (κ3) is 1.73. The highest BCUT2D eigenvalue weighted by atomic mass is 16.7. The topological polar surface area (TPSA) is 38.8 Å². The van der Waals surface area contributed by atoms with Gasteiger partial charge in [-0.05, 0) is 12.1 Å². The Morgan fingerprint density at radius 2 is 1.71 bits per heavy atom. The summed E-state index contributed by atoms with van der Waals surface area (Å²) in [5.74, 6) is 1.19. The minimum atomic E-state index is -0.546. The molecule has 2 aliphatic rings. The van der Waals surface area contributed by atoms with Crippen molar-refractivity contribution in [3.05, 3.63) is 24.3 Å². The van der Waals surface area contributed by atoms with Crippen LogP contribution in [0.1, 0.15) is 19.8 Å². The molecule has 0 bridgehead atoms. The lowest BCUT2D eigenvalue weighted by Gasteiger charge is -2.36. The highest BCUT2D eigenvalue weighted by molar-refractivity contribution is 5.73. The zero-order chi connectivity index (χ0) is 11.9. The van der Waals surface area contributed by atoms with Crippen LogP contribution in [0.2, 0.25) is 0 Å². The van der Waals surface area contributed by atoms with E-state index in [1.165, 1.54) is 0 Å². The van der Waals surface area contributed by atoms with Crippen molar-refractivity contribution in [2.45, 2.75) is 25.6 Å². The highest BCUT2D eigenvalue weighted by Crippen LogP contribution is 2.43. The van der Waals surface area contributed by atoms with Crippen LogP contribution in [0.4, 0.5) is 0 Å². The summed E-state index contributed by atoms with van der Waals surface area (Å²) in [4.78, 5) is 13.1. The van der Waals surface area contributed by atoms with Gasteiger partial charge in [0.2, 0.25) is 5.91 Å². The molecule has 4 heteroatoms. The minimum Gasteiger partial charge on any atom is -0.448 e. The molecule has 1 amide bonds. The maximum atomic E-state index is 11.3. The zero-order valence-electron chi connectivity index (χ0n) is 9.81. The number of nitrogens with zero attached hydrogens (tertiary/aromatic N) is 1. The molecule has 17 heavy (non-hydrogen) atoms. The first-order valence-electron chi connectivity index (χ1n) is 5.91. The molecule has 0 saturated carbocycles. The van der Waals surface area contributed by atoms with Gasteiger partial charge in [-0.25, -0.2) is 0 Å². The molecule has 1 spiro atoms. The molecule has 0 aliphatic carbocycles. The van der Waals surface area contributed by atoms with E-state index in [0.29, 0.717) is 13.1 Å². The zero-order valence-corrected chi connectivity index (χ0v) is 9.81. The Morgan fingerprint density at radius 3 is 2.18 bits per heavy atom. The van der Waals surface area contributed by atoms with Gasteiger partial charge < -0.3 is 14.4 Å². The maximum Gasteiger partial charge on any atom is 0.255 e. The van der Waals surface area contributed by atoms with Crippen LogP contribution in [0.3, 0.4) is 0 Å². The van der Waals surface area contributed by atoms with Gasteiger partial charge in [-0.1, -0.05) is 12.1 Å². The van der Waals surface area contributed by atoms with Crippen LogP contribution in [0.25, 0.3) is 0 Å². The molecular formula is C13H15NO3. The number of hydrogen-bond acceptors (Lipinski definition) is 3. The van der Waals surface area contributed by atoms with Crippen molar-refractivity contribution in [2.24, 2.45) is 0 Å². The summed E-state index contributed by atoms with van der Waals surface area (Å²) in [6.07, 6.45) is 1.45. The van der Waals surface area contributed by atoms with Crippen LogP contribution < -0.4 is 9.47 Å². The molecule has 4 nitrogen and oxygen atoms in total. The van der Waals surface area contributed by atoms with Gasteiger partial charge in [0.25, 0.3) is 5.79 Å². The number of likely N-dealkylation sites (tertiary alicyclic amines) is 1. The van der Waals surface area contributed by atoms with Crippen LogP contribution in [-0.2, 0) is 4.79 Å². The lowest BCUT2D eigenvalue weighted by molar-refractivity contribution is -0.144. The van der Waals surface area contributed by atoms with E-state index in [4.69, 9.17) is 9.47 Å². The lowest BCUT2D eigenvalue weighted by atomic mass is 10.0. The molecule has 0 radical (unpaired) electrons. The van der Waals surface area contributed by atoms with Gasteiger partial charge in [-0.2, -0.15) is 0 Å². The van der Waals surface area contributed by atoms with Crippen molar-refractivity contribution >= 4 is 5.91 Å². The van der Waals surface area contributed by atoms with Crippen molar-refractivity contribution in [3.8, 4) is 11.5 Å². The Kier molecular flexibility index (Phi) is 2.24. The minimum absolute atomic E-state index is 0.121. The number of rotatable bonds is 0. The smallest absolute Gasteiger partial charge is 0.255 e. The van der Waals surface area contributed by atoms with Gasteiger partial charge in [0.1, 0.15) is 0 Å². The Balaban J connectivity index is 1.74. The number of carbonyl (C=O) groups excluding carboxylic acids is 1. The van der Waals surface area contributed by atoms with Crippen molar-refractivity contribution in [3.63, 3.8) is 0 Å². The van der Waals surface area contributed by atoms with Gasteiger partial charge in [0.05, 0.1) is 0 Å². The Morgan fingerprint density at radius 1 is 1.18 bits per heavy atom. The fraction of sp³-hybridized carbons (Fsp3) is 0.462. The maximum absolute atomic E-state index is 11.3. The molecule has 0 N–H and O–H groups in total. The van der Waals surface area contributed by atoms with E-state index in [0.717, 1.165) is 24.3 Å². The number of amides is 1. The molecular weight excluding hydrogens is 218 g/mol. The standard InChI is InChI=1S/C13H15NO3/c1-10(15)14-8-6-13(7-9-14)16-11-4-2-3-5-12(11)17-13/h2-5H,6-9H2,1H3. The normalized spacial score (nSPS) is 20.6. The highest BCUT2D eigenvalue weighted by Gasteiger charge is 2.44. The van der Waals surface area contributed by atoms with Crippen molar-refractivity contribution < 1.29 is 14.3 Å². The molecule has 0 atom stereocenters. The van der Waals surface area contributed by atoms with E-state index in [2.05, 4.69) is 0 Å².